The fraction of sp³-hybridized carbons (Fsp3) is 0.500. The molecule has 0 bridgehead atoms. The summed E-state index contributed by atoms with van der Waals surface area (Å²) in [6.45, 7) is 4.09. The first kappa shape index (κ1) is 10.8. The van der Waals surface area contributed by atoms with E-state index in [0.29, 0.717) is 5.56 Å². The van der Waals surface area contributed by atoms with Crippen LogP contribution in [0, 0.1) is 5.82 Å². The number of carbonyl (C=O) groups is 1. The number of halogens is 1. The van der Waals surface area contributed by atoms with Crippen molar-refractivity contribution in [2.45, 2.75) is 38.1 Å². The highest BCUT2D eigenvalue weighted by atomic mass is 19.1. The van der Waals surface area contributed by atoms with Crippen molar-refractivity contribution in [2.24, 2.45) is 0 Å². The van der Waals surface area contributed by atoms with Crippen LogP contribution in [0.15, 0.2) is 12.1 Å². The van der Waals surface area contributed by atoms with E-state index in [1.807, 2.05) is 19.9 Å². The van der Waals surface area contributed by atoms with Gasteiger partial charge >= 0.3 is 0 Å². The van der Waals surface area contributed by atoms with Gasteiger partial charge in [-0.15, -0.1) is 0 Å². The lowest BCUT2D eigenvalue weighted by Crippen LogP contribution is -2.28. The van der Waals surface area contributed by atoms with Crippen molar-refractivity contribution in [1.82, 2.24) is 4.90 Å². The van der Waals surface area contributed by atoms with Gasteiger partial charge in [-0.2, -0.15) is 0 Å². The second kappa shape index (κ2) is 3.09. The zero-order chi connectivity index (χ0) is 12.4. The van der Waals surface area contributed by atoms with Crippen LogP contribution in [-0.2, 0) is 5.54 Å². The summed E-state index contributed by atoms with van der Waals surface area (Å²) in [6.07, 6.45) is 1.92. The molecular formula is C14H16FNO. The van der Waals surface area contributed by atoms with E-state index < -0.39 is 0 Å². The molecule has 0 N–H and O–H groups in total. The molecule has 90 valence electrons. The van der Waals surface area contributed by atoms with Gasteiger partial charge in [0.25, 0.3) is 5.91 Å². The summed E-state index contributed by atoms with van der Waals surface area (Å²) >= 11 is 0. The van der Waals surface area contributed by atoms with Gasteiger partial charge in [0.2, 0.25) is 0 Å². The molecule has 2 nitrogen and oxygen atoms in total. The Morgan fingerprint density at radius 3 is 2.53 bits per heavy atom. The minimum Gasteiger partial charge on any atom is -0.332 e. The molecule has 1 aromatic rings. The molecule has 1 aliphatic heterocycles. The van der Waals surface area contributed by atoms with Gasteiger partial charge in [0.15, 0.2) is 0 Å². The molecule has 0 radical (unpaired) electrons. The molecular weight excluding hydrogens is 217 g/mol. The van der Waals surface area contributed by atoms with E-state index in [1.165, 1.54) is 6.07 Å². The number of carbonyl (C=O) groups excluding carboxylic acids is 1. The second-order valence-corrected chi connectivity index (χ2v) is 5.48. The Morgan fingerprint density at radius 1 is 1.35 bits per heavy atom. The van der Waals surface area contributed by atoms with E-state index in [-0.39, 0.29) is 23.2 Å². The fourth-order valence-corrected chi connectivity index (χ4v) is 2.81. The van der Waals surface area contributed by atoms with E-state index in [4.69, 9.17) is 0 Å². The summed E-state index contributed by atoms with van der Waals surface area (Å²) < 4.78 is 14.1. The van der Waals surface area contributed by atoms with Gasteiger partial charge in [-0.05, 0) is 36.0 Å². The zero-order valence-corrected chi connectivity index (χ0v) is 10.4. The second-order valence-electron chi connectivity index (χ2n) is 5.48. The van der Waals surface area contributed by atoms with Crippen molar-refractivity contribution >= 4 is 5.91 Å². The third kappa shape index (κ3) is 1.22. The van der Waals surface area contributed by atoms with Crippen LogP contribution in [0.3, 0.4) is 0 Å². The lowest BCUT2D eigenvalue weighted by atomic mass is 9.94. The van der Waals surface area contributed by atoms with Crippen LogP contribution in [0.1, 0.15) is 54.1 Å². The van der Waals surface area contributed by atoms with Crippen molar-refractivity contribution < 1.29 is 9.18 Å². The van der Waals surface area contributed by atoms with E-state index in [9.17, 15) is 9.18 Å². The van der Waals surface area contributed by atoms with Crippen LogP contribution in [0.25, 0.3) is 0 Å². The summed E-state index contributed by atoms with van der Waals surface area (Å²) in [7, 11) is 1.78. The van der Waals surface area contributed by atoms with Crippen molar-refractivity contribution in [3.05, 3.63) is 34.6 Å². The number of fused-ring (bicyclic) bond motifs is 2. The maximum atomic E-state index is 14.1. The SMILES string of the molecule is CC(C)c1cc(F)c2c(c1)C1(CC1)N(C)C2=O. The average molecular weight is 233 g/mol. The van der Waals surface area contributed by atoms with Crippen LogP contribution in [0.4, 0.5) is 4.39 Å². The topological polar surface area (TPSA) is 20.3 Å². The molecule has 1 aromatic carbocycles. The molecule has 3 rings (SSSR count). The molecule has 3 heteroatoms. The number of rotatable bonds is 1. The highest BCUT2D eigenvalue weighted by Crippen LogP contribution is 2.56. The van der Waals surface area contributed by atoms with E-state index >= 15 is 0 Å². The molecule has 1 heterocycles. The Hall–Kier alpha value is -1.38. The van der Waals surface area contributed by atoms with Crippen LogP contribution in [-0.4, -0.2) is 17.9 Å². The lowest BCUT2D eigenvalue weighted by Gasteiger charge is -2.19. The van der Waals surface area contributed by atoms with Crippen LogP contribution < -0.4 is 0 Å². The Balaban J connectivity index is 2.24. The molecule has 1 fully saturated rings. The predicted octanol–water partition coefficient (Wildman–Crippen LogP) is 3.02. The van der Waals surface area contributed by atoms with Gasteiger partial charge in [-0.3, -0.25) is 4.79 Å². The molecule has 0 atom stereocenters. The van der Waals surface area contributed by atoms with Gasteiger partial charge < -0.3 is 4.90 Å². The van der Waals surface area contributed by atoms with E-state index in [2.05, 4.69) is 0 Å². The maximum Gasteiger partial charge on any atom is 0.257 e. The molecule has 1 aliphatic carbocycles. The summed E-state index contributed by atoms with van der Waals surface area (Å²) in [5.41, 5.74) is 2.01. The average Bonchev–Trinajstić information content (AvgIpc) is 3.03. The van der Waals surface area contributed by atoms with Crippen molar-refractivity contribution in [1.29, 1.82) is 0 Å². The molecule has 2 aliphatic rings. The molecule has 0 aromatic heterocycles. The Kier molecular flexibility index (Phi) is 1.96. The van der Waals surface area contributed by atoms with Crippen LogP contribution in [0.2, 0.25) is 0 Å². The minimum absolute atomic E-state index is 0.162. The van der Waals surface area contributed by atoms with Crippen molar-refractivity contribution in [3.63, 3.8) is 0 Å². The number of amides is 1. The van der Waals surface area contributed by atoms with Gasteiger partial charge in [0.05, 0.1) is 11.1 Å². The lowest BCUT2D eigenvalue weighted by molar-refractivity contribution is 0.0752. The predicted molar refractivity (Wildman–Crippen MR) is 63.5 cm³/mol. The number of hydrogen-bond donors (Lipinski definition) is 0. The quantitative estimate of drug-likeness (QED) is 0.730. The normalized spacial score (nSPS) is 20.3. The molecule has 17 heavy (non-hydrogen) atoms. The first-order valence-electron chi connectivity index (χ1n) is 6.09. The molecule has 0 saturated heterocycles. The number of benzene rings is 1. The number of nitrogens with zero attached hydrogens (tertiary/aromatic N) is 1. The van der Waals surface area contributed by atoms with E-state index in [1.54, 1.807) is 11.9 Å². The van der Waals surface area contributed by atoms with Crippen LogP contribution in [0.5, 0.6) is 0 Å². The smallest absolute Gasteiger partial charge is 0.257 e. The summed E-state index contributed by atoms with van der Waals surface area (Å²) in [5.74, 6) is -0.233. The maximum absolute atomic E-state index is 14.1. The van der Waals surface area contributed by atoms with E-state index in [0.717, 1.165) is 24.0 Å². The Labute approximate surface area is 100 Å². The summed E-state index contributed by atoms with van der Waals surface area (Å²) in [5, 5.41) is 0. The Bertz CT molecular complexity index is 517. The highest BCUT2D eigenvalue weighted by molar-refractivity contribution is 6.00. The molecule has 0 unspecified atom stereocenters. The van der Waals surface area contributed by atoms with Gasteiger partial charge in [0.1, 0.15) is 5.82 Å². The molecule has 1 spiro atoms. The molecule has 1 saturated carbocycles. The molecule has 1 amide bonds. The highest BCUT2D eigenvalue weighted by Gasteiger charge is 2.57. The van der Waals surface area contributed by atoms with Crippen molar-refractivity contribution in [2.75, 3.05) is 7.05 Å². The summed E-state index contributed by atoms with van der Waals surface area (Å²) in [4.78, 5) is 13.8. The summed E-state index contributed by atoms with van der Waals surface area (Å²) in [6, 6.07) is 3.54. The first-order valence-corrected chi connectivity index (χ1v) is 6.09. The Morgan fingerprint density at radius 2 is 2.00 bits per heavy atom. The minimum atomic E-state index is -0.355. The third-order valence-corrected chi connectivity index (χ3v) is 4.16. The van der Waals surface area contributed by atoms with Crippen molar-refractivity contribution in [3.8, 4) is 0 Å². The fourth-order valence-electron chi connectivity index (χ4n) is 2.81. The van der Waals surface area contributed by atoms with Crippen LogP contribution >= 0.6 is 0 Å². The standard InChI is InChI=1S/C14H16FNO/c1-8(2)9-6-10-12(11(15)7-9)13(17)16(3)14(10)4-5-14/h6-8H,4-5H2,1-3H3. The largest absolute Gasteiger partial charge is 0.332 e. The van der Waals surface area contributed by atoms with Gasteiger partial charge in [-0.25, -0.2) is 4.39 Å². The first-order chi connectivity index (χ1) is 7.97. The monoisotopic (exact) mass is 233 g/mol. The van der Waals surface area contributed by atoms with Gasteiger partial charge in [-0.1, -0.05) is 19.9 Å². The zero-order valence-electron chi connectivity index (χ0n) is 10.4. The van der Waals surface area contributed by atoms with Gasteiger partial charge in [0, 0.05) is 7.05 Å². The third-order valence-electron chi connectivity index (χ3n) is 4.16. The number of hydrogen-bond acceptors (Lipinski definition) is 1.